The molecule has 1 aliphatic rings. The first-order chi connectivity index (χ1) is 9.93. The van der Waals surface area contributed by atoms with Crippen LogP contribution in [0.15, 0.2) is 60.9 Å². The Labute approximate surface area is 115 Å². The molecular formula is C18H10N2. The van der Waals surface area contributed by atoms with E-state index in [-0.39, 0.29) is 0 Å². The summed E-state index contributed by atoms with van der Waals surface area (Å²) in [5.74, 6) is 0. The van der Waals surface area contributed by atoms with Gasteiger partial charge in [-0.3, -0.25) is 9.97 Å². The molecule has 1 heterocycles. The van der Waals surface area contributed by atoms with Gasteiger partial charge in [0.25, 0.3) is 0 Å². The number of nitrogens with zero attached hydrogens (tertiary/aromatic N) is 2. The Morgan fingerprint density at radius 2 is 1.45 bits per heavy atom. The van der Waals surface area contributed by atoms with Crippen molar-refractivity contribution in [3.8, 4) is 22.3 Å². The van der Waals surface area contributed by atoms with Gasteiger partial charge in [0.05, 0.1) is 11.0 Å². The van der Waals surface area contributed by atoms with Crippen LogP contribution in [0.25, 0.3) is 44.1 Å². The summed E-state index contributed by atoms with van der Waals surface area (Å²) in [5, 5.41) is 2.62. The zero-order valence-electron chi connectivity index (χ0n) is 10.7. The van der Waals surface area contributed by atoms with Crippen molar-refractivity contribution in [1.82, 2.24) is 9.97 Å². The normalized spacial score (nSPS) is 12.0. The van der Waals surface area contributed by atoms with Crippen molar-refractivity contribution in [3.05, 3.63) is 60.9 Å². The highest BCUT2D eigenvalue weighted by Crippen LogP contribution is 2.48. The van der Waals surface area contributed by atoms with Gasteiger partial charge < -0.3 is 0 Å². The lowest BCUT2D eigenvalue weighted by molar-refractivity contribution is 1.30. The molecule has 0 atom stereocenters. The van der Waals surface area contributed by atoms with Gasteiger partial charge in [-0.25, -0.2) is 0 Å². The van der Waals surface area contributed by atoms with Crippen molar-refractivity contribution < 1.29 is 0 Å². The van der Waals surface area contributed by atoms with E-state index in [0.29, 0.717) is 0 Å². The van der Waals surface area contributed by atoms with Gasteiger partial charge in [-0.2, -0.15) is 0 Å². The zero-order chi connectivity index (χ0) is 13.1. The minimum absolute atomic E-state index is 0.955. The zero-order valence-corrected chi connectivity index (χ0v) is 10.7. The molecule has 0 saturated carbocycles. The maximum Gasteiger partial charge on any atom is 0.0971 e. The fourth-order valence-electron chi connectivity index (χ4n) is 3.31. The SMILES string of the molecule is c1cc2c3c(cccc3c1)-c1c-2ccc2nccnc12. The second-order valence-electron chi connectivity index (χ2n) is 5.12. The monoisotopic (exact) mass is 254 g/mol. The predicted octanol–water partition coefficient (Wildman–Crippen LogP) is 4.43. The molecular weight excluding hydrogens is 244 g/mol. The third kappa shape index (κ3) is 1.09. The number of rotatable bonds is 0. The summed E-state index contributed by atoms with van der Waals surface area (Å²) < 4.78 is 0. The van der Waals surface area contributed by atoms with Crippen molar-refractivity contribution in [1.29, 1.82) is 0 Å². The molecule has 0 radical (unpaired) electrons. The molecule has 2 nitrogen and oxygen atoms in total. The van der Waals surface area contributed by atoms with Crippen LogP contribution >= 0.6 is 0 Å². The van der Waals surface area contributed by atoms with Crippen LogP contribution < -0.4 is 0 Å². The molecule has 0 unspecified atom stereocenters. The quantitative estimate of drug-likeness (QED) is 0.408. The molecule has 0 saturated heterocycles. The van der Waals surface area contributed by atoms with Gasteiger partial charge in [0.15, 0.2) is 0 Å². The van der Waals surface area contributed by atoms with Crippen molar-refractivity contribution in [2.75, 3.05) is 0 Å². The van der Waals surface area contributed by atoms with Gasteiger partial charge in [-0.05, 0) is 33.5 Å². The van der Waals surface area contributed by atoms with E-state index in [4.69, 9.17) is 0 Å². The highest BCUT2D eigenvalue weighted by Gasteiger charge is 2.23. The Hall–Kier alpha value is -2.74. The smallest absolute Gasteiger partial charge is 0.0971 e. The molecule has 92 valence electrons. The van der Waals surface area contributed by atoms with Crippen molar-refractivity contribution >= 4 is 21.8 Å². The van der Waals surface area contributed by atoms with Crippen LogP contribution in [-0.4, -0.2) is 9.97 Å². The Morgan fingerprint density at radius 3 is 2.35 bits per heavy atom. The molecule has 0 bridgehead atoms. The molecule has 5 rings (SSSR count). The molecule has 1 aromatic heterocycles. The van der Waals surface area contributed by atoms with Crippen LogP contribution in [0.2, 0.25) is 0 Å². The number of hydrogen-bond donors (Lipinski definition) is 0. The van der Waals surface area contributed by atoms with Crippen molar-refractivity contribution in [2.45, 2.75) is 0 Å². The molecule has 20 heavy (non-hydrogen) atoms. The predicted molar refractivity (Wildman–Crippen MR) is 81.5 cm³/mol. The highest BCUT2D eigenvalue weighted by atomic mass is 14.8. The lowest BCUT2D eigenvalue weighted by Crippen LogP contribution is -1.86. The number of fused-ring (bicyclic) bond motifs is 5. The first-order valence-corrected chi connectivity index (χ1v) is 6.70. The van der Waals surface area contributed by atoms with Crippen LogP contribution in [0.5, 0.6) is 0 Å². The molecule has 0 fully saturated rings. The summed E-state index contributed by atoms with van der Waals surface area (Å²) in [6.45, 7) is 0. The largest absolute Gasteiger partial charge is 0.253 e. The summed E-state index contributed by atoms with van der Waals surface area (Å²) >= 11 is 0. The van der Waals surface area contributed by atoms with Crippen LogP contribution in [0.4, 0.5) is 0 Å². The van der Waals surface area contributed by atoms with E-state index in [9.17, 15) is 0 Å². The van der Waals surface area contributed by atoms with Crippen molar-refractivity contribution in [3.63, 3.8) is 0 Å². The third-order valence-corrected chi connectivity index (χ3v) is 4.10. The number of aromatic nitrogens is 2. The highest BCUT2D eigenvalue weighted by molar-refractivity contribution is 6.19. The van der Waals surface area contributed by atoms with Gasteiger partial charge in [0.2, 0.25) is 0 Å². The summed E-state index contributed by atoms with van der Waals surface area (Å²) in [7, 11) is 0. The Kier molecular flexibility index (Phi) is 1.73. The van der Waals surface area contributed by atoms with Crippen LogP contribution in [0.1, 0.15) is 0 Å². The minimum atomic E-state index is 0.955. The molecule has 0 spiro atoms. The maximum absolute atomic E-state index is 4.56. The van der Waals surface area contributed by atoms with Crippen molar-refractivity contribution in [2.24, 2.45) is 0 Å². The van der Waals surface area contributed by atoms with Gasteiger partial charge in [-0.15, -0.1) is 0 Å². The van der Waals surface area contributed by atoms with E-state index in [1.807, 2.05) is 0 Å². The topological polar surface area (TPSA) is 25.8 Å². The molecule has 0 N–H and O–H groups in total. The Bertz CT molecular complexity index is 997. The van der Waals surface area contributed by atoms with Crippen LogP contribution in [-0.2, 0) is 0 Å². The van der Waals surface area contributed by atoms with Gasteiger partial charge in [-0.1, -0.05) is 42.5 Å². The first kappa shape index (κ1) is 10.1. The number of hydrogen-bond acceptors (Lipinski definition) is 2. The lowest BCUT2D eigenvalue weighted by Gasteiger charge is -2.05. The lowest BCUT2D eigenvalue weighted by atomic mass is 10.0. The summed E-state index contributed by atoms with van der Waals surface area (Å²) in [6.07, 6.45) is 3.52. The van der Waals surface area contributed by atoms with Gasteiger partial charge in [0.1, 0.15) is 0 Å². The molecule has 0 amide bonds. The molecule has 0 aliphatic heterocycles. The maximum atomic E-state index is 4.56. The van der Waals surface area contributed by atoms with E-state index in [1.165, 1.54) is 33.0 Å². The molecule has 1 aliphatic carbocycles. The second kappa shape index (κ2) is 3.42. The van der Waals surface area contributed by atoms with Crippen LogP contribution in [0, 0.1) is 0 Å². The average Bonchev–Trinajstić information content (AvgIpc) is 2.85. The fourth-order valence-corrected chi connectivity index (χ4v) is 3.31. The standard InChI is InChI=1S/C18H10N2/c1-3-11-4-2-6-14-16(11)12(5-1)13-7-8-15-18(17(13)14)20-10-9-19-15/h1-10H. The molecule has 4 aromatic rings. The minimum Gasteiger partial charge on any atom is -0.253 e. The molecule has 2 heteroatoms. The second-order valence-corrected chi connectivity index (χ2v) is 5.12. The van der Waals surface area contributed by atoms with Crippen LogP contribution in [0.3, 0.4) is 0 Å². The Morgan fingerprint density at radius 1 is 0.650 bits per heavy atom. The van der Waals surface area contributed by atoms with E-state index in [0.717, 1.165) is 11.0 Å². The fraction of sp³-hybridized carbons (Fsp3) is 0. The third-order valence-electron chi connectivity index (χ3n) is 4.10. The van der Waals surface area contributed by atoms with E-state index in [2.05, 4.69) is 58.5 Å². The molecule has 3 aromatic carbocycles. The summed E-state index contributed by atoms with van der Waals surface area (Å²) in [4.78, 5) is 8.98. The van der Waals surface area contributed by atoms with E-state index in [1.54, 1.807) is 12.4 Å². The van der Waals surface area contributed by atoms with Gasteiger partial charge in [0, 0.05) is 18.0 Å². The number of benzene rings is 3. The first-order valence-electron chi connectivity index (χ1n) is 6.70. The van der Waals surface area contributed by atoms with Gasteiger partial charge >= 0.3 is 0 Å². The van der Waals surface area contributed by atoms with E-state index < -0.39 is 0 Å². The summed E-state index contributed by atoms with van der Waals surface area (Å²) in [6, 6.07) is 17.2. The Balaban J connectivity index is 2.08. The summed E-state index contributed by atoms with van der Waals surface area (Å²) in [5.41, 5.74) is 7.02. The van der Waals surface area contributed by atoms with E-state index >= 15 is 0 Å². The average molecular weight is 254 g/mol.